The normalized spacial score (nSPS) is 11.2. The van der Waals surface area contributed by atoms with E-state index in [0.717, 1.165) is 6.42 Å². The van der Waals surface area contributed by atoms with Crippen LogP contribution < -0.4 is 0 Å². The van der Waals surface area contributed by atoms with E-state index < -0.39 is 0 Å². The number of carbonyl (C=O) groups excluding carboxylic acids is 1. The fraction of sp³-hybridized carbons (Fsp3) is 0.850. The Morgan fingerprint density at radius 1 is 0.727 bits per heavy atom. The molecule has 0 aromatic heterocycles. The van der Waals surface area contributed by atoms with Crippen molar-refractivity contribution in [3.05, 3.63) is 12.2 Å². The van der Waals surface area contributed by atoms with Gasteiger partial charge in [-0.2, -0.15) is 0 Å². The van der Waals surface area contributed by atoms with Gasteiger partial charge in [-0.3, -0.25) is 4.79 Å². The van der Waals surface area contributed by atoms with Gasteiger partial charge in [0.05, 0.1) is 6.61 Å². The molecule has 0 aliphatic carbocycles. The van der Waals surface area contributed by atoms with Crippen LogP contribution in [0.1, 0.15) is 104 Å². The molecule has 0 amide bonds. The summed E-state index contributed by atoms with van der Waals surface area (Å²) in [5.74, 6) is -0.158. The second kappa shape index (κ2) is 18.3. The summed E-state index contributed by atoms with van der Waals surface area (Å²) in [6, 6.07) is 0. The summed E-state index contributed by atoms with van der Waals surface area (Å²) in [7, 11) is 0. The standard InChI is InChI=1S/C20H38O2/c1-3-4-5-6-7-8-9-10-11-12-13-14-15-16-17-18-19-22-20(2)21/h9-10H,3-8,11-19H2,1-2H3/b10-9-. The van der Waals surface area contributed by atoms with E-state index in [-0.39, 0.29) is 5.97 Å². The predicted molar refractivity (Wildman–Crippen MR) is 96.1 cm³/mol. The van der Waals surface area contributed by atoms with Crippen LogP contribution in [0, 0.1) is 0 Å². The van der Waals surface area contributed by atoms with E-state index in [9.17, 15) is 4.79 Å². The molecular weight excluding hydrogens is 272 g/mol. The van der Waals surface area contributed by atoms with Crippen LogP contribution in [0.25, 0.3) is 0 Å². The van der Waals surface area contributed by atoms with Crippen molar-refractivity contribution in [3.63, 3.8) is 0 Å². The lowest BCUT2D eigenvalue weighted by Gasteiger charge is -2.02. The Bertz CT molecular complexity index is 258. The molecule has 2 nitrogen and oxygen atoms in total. The number of allylic oxidation sites excluding steroid dienone is 2. The lowest BCUT2D eigenvalue weighted by Crippen LogP contribution is -1.99. The van der Waals surface area contributed by atoms with Gasteiger partial charge in [0.1, 0.15) is 0 Å². The smallest absolute Gasteiger partial charge is 0.302 e. The van der Waals surface area contributed by atoms with Gasteiger partial charge >= 0.3 is 5.97 Å². The lowest BCUT2D eigenvalue weighted by atomic mass is 10.1. The van der Waals surface area contributed by atoms with Gasteiger partial charge in [0.2, 0.25) is 0 Å². The van der Waals surface area contributed by atoms with E-state index in [1.165, 1.54) is 90.4 Å². The van der Waals surface area contributed by atoms with Gasteiger partial charge in [0.25, 0.3) is 0 Å². The van der Waals surface area contributed by atoms with Crippen molar-refractivity contribution in [2.24, 2.45) is 0 Å². The molecule has 0 aromatic carbocycles. The Hall–Kier alpha value is -0.790. The second-order valence-electron chi connectivity index (χ2n) is 6.28. The lowest BCUT2D eigenvalue weighted by molar-refractivity contribution is -0.141. The number of rotatable bonds is 16. The summed E-state index contributed by atoms with van der Waals surface area (Å²) in [4.78, 5) is 10.6. The van der Waals surface area contributed by atoms with Gasteiger partial charge in [0, 0.05) is 6.92 Å². The van der Waals surface area contributed by atoms with E-state index in [4.69, 9.17) is 4.74 Å². The van der Waals surface area contributed by atoms with Crippen LogP contribution in [0.15, 0.2) is 12.2 Å². The zero-order valence-corrected chi connectivity index (χ0v) is 15.1. The first-order chi connectivity index (χ1) is 10.8. The largest absolute Gasteiger partial charge is 0.466 e. The predicted octanol–water partition coefficient (Wildman–Crippen LogP) is 6.59. The van der Waals surface area contributed by atoms with Gasteiger partial charge in [-0.1, -0.05) is 76.9 Å². The molecule has 0 radical (unpaired) electrons. The zero-order chi connectivity index (χ0) is 16.3. The van der Waals surface area contributed by atoms with E-state index >= 15 is 0 Å². The maximum atomic E-state index is 10.6. The van der Waals surface area contributed by atoms with Crippen LogP contribution in [0.2, 0.25) is 0 Å². The summed E-state index contributed by atoms with van der Waals surface area (Å²) in [5, 5.41) is 0. The minimum Gasteiger partial charge on any atom is -0.466 e. The Labute approximate surface area is 138 Å². The first-order valence-corrected chi connectivity index (χ1v) is 9.55. The molecule has 0 rings (SSSR count). The van der Waals surface area contributed by atoms with Crippen molar-refractivity contribution in [2.75, 3.05) is 6.61 Å². The highest BCUT2D eigenvalue weighted by Crippen LogP contribution is 2.10. The van der Waals surface area contributed by atoms with Gasteiger partial charge in [-0.05, 0) is 32.1 Å². The molecule has 0 bridgehead atoms. The van der Waals surface area contributed by atoms with Crippen molar-refractivity contribution in [1.82, 2.24) is 0 Å². The minimum atomic E-state index is -0.158. The number of unbranched alkanes of at least 4 members (excludes halogenated alkanes) is 12. The third-order valence-electron chi connectivity index (χ3n) is 3.96. The van der Waals surface area contributed by atoms with Crippen molar-refractivity contribution in [2.45, 2.75) is 104 Å². The number of hydrogen-bond acceptors (Lipinski definition) is 2. The van der Waals surface area contributed by atoms with Crippen LogP contribution in [-0.4, -0.2) is 12.6 Å². The van der Waals surface area contributed by atoms with Crippen molar-refractivity contribution >= 4 is 5.97 Å². The maximum Gasteiger partial charge on any atom is 0.302 e. The second-order valence-corrected chi connectivity index (χ2v) is 6.28. The quantitative estimate of drug-likeness (QED) is 0.183. The first kappa shape index (κ1) is 21.2. The van der Waals surface area contributed by atoms with Gasteiger partial charge < -0.3 is 4.74 Å². The Morgan fingerprint density at radius 2 is 1.18 bits per heavy atom. The van der Waals surface area contributed by atoms with Crippen molar-refractivity contribution in [3.8, 4) is 0 Å². The van der Waals surface area contributed by atoms with E-state index in [1.54, 1.807) is 0 Å². The summed E-state index contributed by atoms with van der Waals surface area (Å²) >= 11 is 0. The molecule has 0 spiro atoms. The highest BCUT2D eigenvalue weighted by Gasteiger charge is 1.94. The SMILES string of the molecule is CCCCCCC/C=C\CCCCCCCCCOC(C)=O. The highest BCUT2D eigenvalue weighted by molar-refractivity contribution is 5.65. The van der Waals surface area contributed by atoms with E-state index in [0.29, 0.717) is 6.61 Å². The molecule has 0 aromatic rings. The molecule has 22 heavy (non-hydrogen) atoms. The molecule has 0 N–H and O–H groups in total. The van der Waals surface area contributed by atoms with Crippen LogP contribution in [0.3, 0.4) is 0 Å². The topological polar surface area (TPSA) is 26.3 Å². The number of carbonyl (C=O) groups is 1. The molecule has 0 atom stereocenters. The highest BCUT2D eigenvalue weighted by atomic mass is 16.5. The molecular formula is C20H38O2. The number of esters is 1. The number of ether oxygens (including phenoxy) is 1. The summed E-state index contributed by atoms with van der Waals surface area (Å²) < 4.78 is 4.91. The molecule has 0 saturated carbocycles. The molecule has 0 heterocycles. The third-order valence-corrected chi connectivity index (χ3v) is 3.96. The number of hydrogen-bond donors (Lipinski definition) is 0. The minimum absolute atomic E-state index is 0.158. The summed E-state index contributed by atoms with van der Waals surface area (Å²) in [5.41, 5.74) is 0. The first-order valence-electron chi connectivity index (χ1n) is 9.55. The van der Waals surface area contributed by atoms with E-state index in [2.05, 4.69) is 19.1 Å². The van der Waals surface area contributed by atoms with Crippen LogP contribution in [0.4, 0.5) is 0 Å². The molecule has 0 unspecified atom stereocenters. The monoisotopic (exact) mass is 310 g/mol. The van der Waals surface area contributed by atoms with Gasteiger partial charge in [-0.25, -0.2) is 0 Å². The average molecular weight is 311 g/mol. The molecule has 130 valence electrons. The Kier molecular flexibility index (Phi) is 17.6. The fourth-order valence-electron chi connectivity index (χ4n) is 2.57. The molecule has 2 heteroatoms. The van der Waals surface area contributed by atoms with E-state index in [1.807, 2.05) is 0 Å². The van der Waals surface area contributed by atoms with Crippen molar-refractivity contribution in [1.29, 1.82) is 0 Å². The van der Waals surface area contributed by atoms with Crippen LogP contribution in [-0.2, 0) is 9.53 Å². The van der Waals surface area contributed by atoms with Gasteiger partial charge in [0.15, 0.2) is 0 Å². The Balaban J connectivity index is 3.06. The summed E-state index contributed by atoms with van der Waals surface area (Å²) in [6.45, 7) is 4.34. The van der Waals surface area contributed by atoms with Gasteiger partial charge in [-0.15, -0.1) is 0 Å². The van der Waals surface area contributed by atoms with Crippen LogP contribution in [0.5, 0.6) is 0 Å². The molecule has 0 saturated heterocycles. The zero-order valence-electron chi connectivity index (χ0n) is 15.1. The molecule has 0 fully saturated rings. The van der Waals surface area contributed by atoms with Crippen LogP contribution >= 0.6 is 0 Å². The fourth-order valence-corrected chi connectivity index (χ4v) is 2.57. The summed E-state index contributed by atoms with van der Waals surface area (Å²) in [6.07, 6.45) is 23.0. The Morgan fingerprint density at radius 3 is 1.68 bits per heavy atom. The molecule has 0 aliphatic rings. The maximum absolute atomic E-state index is 10.6. The van der Waals surface area contributed by atoms with Crippen molar-refractivity contribution < 1.29 is 9.53 Å². The third kappa shape index (κ3) is 19.2. The average Bonchev–Trinajstić information content (AvgIpc) is 2.50. The molecule has 0 aliphatic heterocycles.